The van der Waals surface area contributed by atoms with Crippen LogP contribution in [0.25, 0.3) is 0 Å². The highest BCUT2D eigenvalue weighted by molar-refractivity contribution is 5.07. The van der Waals surface area contributed by atoms with E-state index in [1.165, 1.54) is 19.3 Å². The summed E-state index contributed by atoms with van der Waals surface area (Å²) < 4.78 is 0. The third-order valence-electron chi connectivity index (χ3n) is 2.66. The minimum atomic E-state index is 0.345. The molecule has 0 spiro atoms. The number of nitrogens with zero attached hydrogens (tertiary/aromatic N) is 1. The van der Waals surface area contributed by atoms with Crippen molar-refractivity contribution >= 4 is 0 Å². The maximum Gasteiger partial charge on any atom is 0.0570 e. The normalized spacial score (nSPS) is 14.9. The lowest BCUT2D eigenvalue weighted by molar-refractivity contribution is 0.439. The van der Waals surface area contributed by atoms with E-state index in [9.17, 15) is 0 Å². The smallest absolute Gasteiger partial charge is 0.0570 e. The average Bonchev–Trinajstić information content (AvgIpc) is 2.27. The lowest BCUT2D eigenvalue weighted by atomic mass is 10.1. The van der Waals surface area contributed by atoms with Crippen molar-refractivity contribution in [2.24, 2.45) is 0 Å². The Bertz CT molecular complexity index is 258. The second kappa shape index (κ2) is 6.57. The fraction of sp³-hybridized carbons (Fsp3) is 0.615. The standard InChI is InChI=1S/C13H22N2/c1-4-5-8-11(2)15-12(3)13-9-6-7-10-14-13/h6-7,9-12,15H,4-5,8H2,1-3H3/t11?,12-/m1/s1. The van der Waals surface area contributed by atoms with Crippen molar-refractivity contribution in [3.63, 3.8) is 0 Å². The molecule has 1 N–H and O–H groups in total. The summed E-state index contributed by atoms with van der Waals surface area (Å²) in [7, 11) is 0. The summed E-state index contributed by atoms with van der Waals surface area (Å²) in [4.78, 5) is 4.35. The molecule has 0 aliphatic heterocycles. The number of unbranched alkanes of at least 4 members (excludes halogenated alkanes) is 1. The van der Waals surface area contributed by atoms with Crippen molar-refractivity contribution in [1.82, 2.24) is 10.3 Å². The molecular formula is C13H22N2. The summed E-state index contributed by atoms with van der Waals surface area (Å²) in [5, 5.41) is 3.57. The van der Waals surface area contributed by atoms with Crippen LogP contribution < -0.4 is 5.32 Å². The van der Waals surface area contributed by atoms with Crippen molar-refractivity contribution in [1.29, 1.82) is 0 Å². The number of pyridine rings is 1. The first-order valence-electron chi connectivity index (χ1n) is 5.91. The molecule has 1 aromatic heterocycles. The molecule has 0 amide bonds. The van der Waals surface area contributed by atoms with Crippen LogP contribution in [0.3, 0.4) is 0 Å². The van der Waals surface area contributed by atoms with Gasteiger partial charge in [-0.25, -0.2) is 0 Å². The fourth-order valence-electron chi connectivity index (χ4n) is 1.74. The summed E-state index contributed by atoms with van der Waals surface area (Å²) in [6, 6.07) is 6.98. The maximum atomic E-state index is 4.35. The first-order valence-corrected chi connectivity index (χ1v) is 5.91. The van der Waals surface area contributed by atoms with Crippen LogP contribution in [0.1, 0.15) is 51.8 Å². The van der Waals surface area contributed by atoms with Gasteiger partial charge in [-0.3, -0.25) is 4.98 Å². The SMILES string of the molecule is CCCCC(C)N[C@H](C)c1ccccn1. The first-order chi connectivity index (χ1) is 7.24. The highest BCUT2D eigenvalue weighted by Crippen LogP contribution is 2.10. The largest absolute Gasteiger partial charge is 0.306 e. The lowest BCUT2D eigenvalue weighted by Crippen LogP contribution is -2.29. The molecule has 1 aromatic rings. The van der Waals surface area contributed by atoms with Gasteiger partial charge < -0.3 is 5.32 Å². The third-order valence-corrected chi connectivity index (χ3v) is 2.66. The highest BCUT2D eigenvalue weighted by atomic mass is 15.0. The summed E-state index contributed by atoms with van der Waals surface area (Å²) in [6.07, 6.45) is 5.66. The molecule has 1 rings (SSSR count). The highest BCUT2D eigenvalue weighted by Gasteiger charge is 2.09. The van der Waals surface area contributed by atoms with Crippen molar-refractivity contribution in [3.05, 3.63) is 30.1 Å². The van der Waals surface area contributed by atoms with E-state index < -0.39 is 0 Å². The number of hydrogen-bond acceptors (Lipinski definition) is 2. The van der Waals surface area contributed by atoms with E-state index in [0.717, 1.165) is 5.69 Å². The predicted octanol–water partition coefficient (Wildman–Crippen LogP) is 3.31. The Balaban J connectivity index is 2.38. The second-order valence-corrected chi connectivity index (χ2v) is 4.19. The van der Waals surface area contributed by atoms with Crippen LogP contribution in [0, 0.1) is 0 Å². The Morgan fingerprint density at radius 1 is 1.33 bits per heavy atom. The van der Waals surface area contributed by atoms with Gasteiger partial charge in [0.1, 0.15) is 0 Å². The Kier molecular flexibility index (Phi) is 5.33. The molecule has 2 nitrogen and oxygen atoms in total. The van der Waals surface area contributed by atoms with Crippen LogP contribution >= 0.6 is 0 Å². The van der Waals surface area contributed by atoms with Crippen molar-refractivity contribution in [3.8, 4) is 0 Å². The first kappa shape index (κ1) is 12.2. The molecule has 0 aromatic carbocycles. The van der Waals surface area contributed by atoms with E-state index in [2.05, 4.69) is 37.1 Å². The van der Waals surface area contributed by atoms with Gasteiger partial charge >= 0.3 is 0 Å². The minimum absolute atomic E-state index is 0.345. The van der Waals surface area contributed by atoms with Gasteiger partial charge in [-0.2, -0.15) is 0 Å². The zero-order chi connectivity index (χ0) is 11.1. The van der Waals surface area contributed by atoms with Gasteiger partial charge in [0.25, 0.3) is 0 Å². The van der Waals surface area contributed by atoms with Gasteiger partial charge in [-0.05, 0) is 32.4 Å². The van der Waals surface area contributed by atoms with E-state index in [4.69, 9.17) is 0 Å². The average molecular weight is 206 g/mol. The van der Waals surface area contributed by atoms with Gasteiger partial charge in [-0.15, -0.1) is 0 Å². The van der Waals surface area contributed by atoms with Crippen molar-refractivity contribution in [2.45, 2.75) is 52.1 Å². The molecule has 0 aliphatic carbocycles. The Morgan fingerprint density at radius 2 is 2.13 bits per heavy atom. The van der Waals surface area contributed by atoms with Gasteiger partial charge in [-0.1, -0.05) is 25.8 Å². The molecule has 15 heavy (non-hydrogen) atoms. The minimum Gasteiger partial charge on any atom is -0.306 e. The summed E-state index contributed by atoms with van der Waals surface area (Å²) in [6.45, 7) is 6.65. The molecule has 1 heterocycles. The van der Waals surface area contributed by atoms with Crippen LogP contribution in [0.15, 0.2) is 24.4 Å². The summed E-state index contributed by atoms with van der Waals surface area (Å²) in [5.41, 5.74) is 1.13. The van der Waals surface area contributed by atoms with Crippen molar-refractivity contribution < 1.29 is 0 Å². The van der Waals surface area contributed by atoms with Gasteiger partial charge in [0, 0.05) is 18.3 Å². The quantitative estimate of drug-likeness (QED) is 0.772. The Labute approximate surface area is 93.1 Å². The molecule has 0 radical (unpaired) electrons. The predicted molar refractivity (Wildman–Crippen MR) is 64.8 cm³/mol. The third kappa shape index (κ3) is 4.43. The van der Waals surface area contributed by atoms with Crippen LogP contribution in [-0.4, -0.2) is 11.0 Å². The molecule has 0 bridgehead atoms. The lowest BCUT2D eigenvalue weighted by Gasteiger charge is -2.19. The van der Waals surface area contributed by atoms with Crippen LogP contribution in [0.2, 0.25) is 0 Å². The van der Waals surface area contributed by atoms with E-state index >= 15 is 0 Å². The van der Waals surface area contributed by atoms with E-state index in [0.29, 0.717) is 12.1 Å². The molecule has 0 saturated carbocycles. The zero-order valence-corrected chi connectivity index (χ0v) is 10.0. The second-order valence-electron chi connectivity index (χ2n) is 4.19. The molecule has 84 valence electrons. The Hall–Kier alpha value is -0.890. The monoisotopic (exact) mass is 206 g/mol. The topological polar surface area (TPSA) is 24.9 Å². The molecule has 2 heteroatoms. The van der Waals surface area contributed by atoms with Crippen LogP contribution in [0.5, 0.6) is 0 Å². The molecule has 2 atom stereocenters. The van der Waals surface area contributed by atoms with E-state index in [1.807, 2.05) is 18.3 Å². The molecule has 0 saturated heterocycles. The molecule has 1 unspecified atom stereocenters. The number of aromatic nitrogens is 1. The Morgan fingerprint density at radius 3 is 2.73 bits per heavy atom. The van der Waals surface area contributed by atoms with Gasteiger partial charge in [0.05, 0.1) is 5.69 Å². The van der Waals surface area contributed by atoms with E-state index in [-0.39, 0.29) is 0 Å². The number of hydrogen-bond donors (Lipinski definition) is 1. The molecule has 0 fully saturated rings. The van der Waals surface area contributed by atoms with Gasteiger partial charge in [0.15, 0.2) is 0 Å². The number of rotatable bonds is 6. The van der Waals surface area contributed by atoms with Crippen LogP contribution in [-0.2, 0) is 0 Å². The maximum absolute atomic E-state index is 4.35. The molecular weight excluding hydrogens is 184 g/mol. The number of nitrogens with one attached hydrogen (secondary N) is 1. The summed E-state index contributed by atoms with van der Waals surface area (Å²) in [5.74, 6) is 0. The summed E-state index contributed by atoms with van der Waals surface area (Å²) >= 11 is 0. The zero-order valence-electron chi connectivity index (χ0n) is 10.0. The van der Waals surface area contributed by atoms with Gasteiger partial charge in [0.2, 0.25) is 0 Å². The fourth-order valence-corrected chi connectivity index (χ4v) is 1.74. The molecule has 0 aliphatic rings. The van der Waals surface area contributed by atoms with Crippen molar-refractivity contribution in [2.75, 3.05) is 0 Å². The van der Waals surface area contributed by atoms with E-state index in [1.54, 1.807) is 0 Å². The van der Waals surface area contributed by atoms with Crippen LogP contribution in [0.4, 0.5) is 0 Å².